The van der Waals surface area contributed by atoms with E-state index in [-0.39, 0.29) is 6.61 Å². The highest BCUT2D eigenvalue weighted by molar-refractivity contribution is 6.30. The van der Waals surface area contributed by atoms with E-state index in [1.807, 2.05) is 77.4 Å². The van der Waals surface area contributed by atoms with Crippen LogP contribution in [0.3, 0.4) is 0 Å². The van der Waals surface area contributed by atoms with Crippen molar-refractivity contribution in [3.63, 3.8) is 0 Å². The van der Waals surface area contributed by atoms with Gasteiger partial charge in [0.15, 0.2) is 0 Å². The van der Waals surface area contributed by atoms with Gasteiger partial charge in [0.25, 0.3) is 0 Å². The number of esters is 1. The van der Waals surface area contributed by atoms with Gasteiger partial charge in [0.2, 0.25) is 5.95 Å². The molecule has 6 nitrogen and oxygen atoms in total. The molecule has 0 aliphatic carbocycles. The highest BCUT2D eigenvalue weighted by Crippen LogP contribution is 2.42. The third-order valence-electron chi connectivity index (χ3n) is 5.67. The Hall–Kier alpha value is -3.77. The highest BCUT2D eigenvalue weighted by atomic mass is 35.5. The van der Waals surface area contributed by atoms with Crippen LogP contribution in [0.4, 0.5) is 5.95 Å². The van der Waals surface area contributed by atoms with E-state index in [0.717, 1.165) is 27.9 Å². The van der Waals surface area contributed by atoms with E-state index in [0.29, 0.717) is 22.2 Å². The number of imidazole rings is 1. The lowest BCUT2D eigenvalue weighted by molar-refractivity contribution is -0.138. The molecule has 1 aliphatic heterocycles. The molecule has 7 heteroatoms. The van der Waals surface area contributed by atoms with Crippen LogP contribution >= 0.6 is 11.6 Å². The lowest BCUT2D eigenvalue weighted by Gasteiger charge is -2.31. The first-order chi connectivity index (χ1) is 16.1. The Balaban J connectivity index is 1.81. The summed E-state index contributed by atoms with van der Waals surface area (Å²) in [5.41, 5.74) is 4.54. The van der Waals surface area contributed by atoms with Crippen molar-refractivity contribution < 1.29 is 14.3 Å². The average molecular weight is 460 g/mol. The van der Waals surface area contributed by atoms with E-state index in [4.69, 9.17) is 26.1 Å². The van der Waals surface area contributed by atoms with Crippen LogP contribution in [0, 0.1) is 0 Å². The third kappa shape index (κ3) is 3.72. The number of hydrogen-bond donors (Lipinski definition) is 1. The maximum Gasteiger partial charge on any atom is 0.338 e. The molecule has 1 aliphatic rings. The number of ether oxygens (including phenoxy) is 2. The number of fused-ring (bicyclic) bond motifs is 3. The van der Waals surface area contributed by atoms with Gasteiger partial charge < -0.3 is 14.8 Å². The number of carbonyl (C=O) groups is 1. The molecular weight excluding hydrogens is 438 g/mol. The smallest absolute Gasteiger partial charge is 0.338 e. The van der Waals surface area contributed by atoms with Crippen molar-refractivity contribution in [2.75, 3.05) is 19.0 Å². The molecule has 1 atom stereocenters. The second-order valence-electron chi connectivity index (χ2n) is 7.61. The van der Waals surface area contributed by atoms with E-state index in [2.05, 4.69) is 5.32 Å². The summed E-state index contributed by atoms with van der Waals surface area (Å²) >= 11 is 6.37. The van der Waals surface area contributed by atoms with Gasteiger partial charge in [-0.1, -0.05) is 35.9 Å². The summed E-state index contributed by atoms with van der Waals surface area (Å²) in [7, 11) is 1.62. The van der Waals surface area contributed by atoms with Crippen molar-refractivity contribution in [2.24, 2.45) is 0 Å². The second-order valence-corrected chi connectivity index (χ2v) is 8.05. The van der Waals surface area contributed by atoms with Crippen molar-refractivity contribution >= 4 is 40.2 Å². The lowest BCUT2D eigenvalue weighted by atomic mass is 9.92. The molecule has 1 N–H and O–H groups in total. The highest BCUT2D eigenvalue weighted by Gasteiger charge is 2.36. The van der Waals surface area contributed by atoms with Crippen LogP contribution in [-0.4, -0.2) is 29.2 Å². The SMILES string of the molecule is CCOC(=O)C1=C(c2ccc(OC)cc2)Nc2nc3ccccc3n2C1c1cccc(Cl)c1. The van der Waals surface area contributed by atoms with Crippen LogP contribution in [0.15, 0.2) is 78.4 Å². The largest absolute Gasteiger partial charge is 0.497 e. The number of anilines is 1. The number of benzene rings is 3. The number of aromatic nitrogens is 2. The topological polar surface area (TPSA) is 65.4 Å². The summed E-state index contributed by atoms with van der Waals surface area (Å²) < 4.78 is 12.9. The Bertz CT molecular complexity index is 1380. The van der Waals surface area contributed by atoms with Gasteiger partial charge in [-0.05, 0) is 66.6 Å². The monoisotopic (exact) mass is 459 g/mol. The normalized spacial score (nSPS) is 15.2. The zero-order chi connectivity index (χ0) is 22.9. The summed E-state index contributed by atoms with van der Waals surface area (Å²) in [4.78, 5) is 18.2. The number of nitrogens with one attached hydrogen (secondary N) is 1. The first kappa shape index (κ1) is 21.1. The standard InChI is InChI=1S/C26H22ClN3O3/c1-3-33-25(31)22-23(16-11-13-19(32-2)14-12-16)29-26-28-20-9-4-5-10-21(20)30(26)24(22)17-7-6-8-18(27)15-17/h4-15,24H,3H2,1-2H3,(H,28,29). The van der Waals surface area contributed by atoms with Gasteiger partial charge in [-0.15, -0.1) is 0 Å². The minimum Gasteiger partial charge on any atom is -0.497 e. The Morgan fingerprint density at radius 3 is 2.61 bits per heavy atom. The first-order valence-corrected chi connectivity index (χ1v) is 11.0. The molecule has 4 aromatic rings. The molecule has 1 unspecified atom stereocenters. The Morgan fingerprint density at radius 1 is 1.09 bits per heavy atom. The summed E-state index contributed by atoms with van der Waals surface area (Å²) in [6, 6.07) is 22.4. The van der Waals surface area contributed by atoms with Crippen molar-refractivity contribution in [2.45, 2.75) is 13.0 Å². The molecule has 0 fully saturated rings. The summed E-state index contributed by atoms with van der Waals surface area (Å²) in [5.74, 6) is 0.968. The minimum atomic E-state index is -0.483. The second kappa shape index (κ2) is 8.64. The van der Waals surface area contributed by atoms with Gasteiger partial charge in [-0.25, -0.2) is 9.78 Å². The van der Waals surface area contributed by atoms with Crippen molar-refractivity contribution in [3.05, 3.63) is 94.5 Å². The average Bonchev–Trinajstić information content (AvgIpc) is 3.21. The summed E-state index contributed by atoms with van der Waals surface area (Å²) in [6.45, 7) is 2.06. The molecule has 33 heavy (non-hydrogen) atoms. The molecular formula is C26H22ClN3O3. The number of hydrogen-bond acceptors (Lipinski definition) is 5. The molecule has 166 valence electrons. The zero-order valence-corrected chi connectivity index (χ0v) is 19.0. The number of para-hydroxylation sites is 2. The fraction of sp³-hybridized carbons (Fsp3) is 0.154. The molecule has 0 bridgehead atoms. The van der Waals surface area contributed by atoms with Gasteiger partial charge >= 0.3 is 5.97 Å². The minimum absolute atomic E-state index is 0.262. The molecule has 5 rings (SSSR count). The number of rotatable bonds is 5. The van der Waals surface area contributed by atoms with E-state index >= 15 is 0 Å². The van der Waals surface area contributed by atoms with Crippen LogP contribution in [0.5, 0.6) is 5.75 Å². The van der Waals surface area contributed by atoms with E-state index < -0.39 is 12.0 Å². The molecule has 0 radical (unpaired) electrons. The summed E-state index contributed by atoms with van der Waals surface area (Å²) in [5, 5.41) is 3.99. The van der Waals surface area contributed by atoms with Crippen LogP contribution < -0.4 is 10.1 Å². The van der Waals surface area contributed by atoms with Crippen molar-refractivity contribution in [3.8, 4) is 5.75 Å². The van der Waals surface area contributed by atoms with Crippen LogP contribution in [-0.2, 0) is 9.53 Å². The molecule has 2 heterocycles. The molecule has 0 spiro atoms. The molecule has 0 saturated heterocycles. The fourth-order valence-corrected chi connectivity index (χ4v) is 4.44. The predicted octanol–water partition coefficient (Wildman–Crippen LogP) is 5.69. The molecule has 0 amide bonds. The van der Waals surface area contributed by atoms with Crippen LogP contribution in [0.2, 0.25) is 5.02 Å². The van der Waals surface area contributed by atoms with Gasteiger partial charge in [-0.2, -0.15) is 0 Å². The Labute approximate surface area is 196 Å². The van der Waals surface area contributed by atoms with Crippen molar-refractivity contribution in [1.82, 2.24) is 9.55 Å². The van der Waals surface area contributed by atoms with E-state index in [1.165, 1.54) is 0 Å². The molecule has 1 aromatic heterocycles. The maximum atomic E-state index is 13.4. The van der Waals surface area contributed by atoms with Gasteiger partial charge in [-0.3, -0.25) is 4.57 Å². The van der Waals surface area contributed by atoms with Gasteiger partial charge in [0, 0.05) is 5.02 Å². The number of methoxy groups -OCH3 is 1. The third-order valence-corrected chi connectivity index (χ3v) is 5.91. The van der Waals surface area contributed by atoms with Crippen LogP contribution in [0.25, 0.3) is 16.7 Å². The van der Waals surface area contributed by atoms with Crippen LogP contribution in [0.1, 0.15) is 24.1 Å². The number of carbonyl (C=O) groups excluding carboxylic acids is 1. The Kier molecular flexibility index (Phi) is 5.52. The quantitative estimate of drug-likeness (QED) is 0.388. The molecule has 0 saturated carbocycles. The molecule has 3 aromatic carbocycles. The van der Waals surface area contributed by atoms with Gasteiger partial charge in [0.1, 0.15) is 5.75 Å². The number of nitrogens with zero attached hydrogens (tertiary/aromatic N) is 2. The van der Waals surface area contributed by atoms with Crippen molar-refractivity contribution in [1.29, 1.82) is 0 Å². The predicted molar refractivity (Wildman–Crippen MR) is 129 cm³/mol. The fourth-order valence-electron chi connectivity index (χ4n) is 4.24. The number of halogens is 1. The summed E-state index contributed by atoms with van der Waals surface area (Å²) in [6.07, 6.45) is 0. The lowest BCUT2D eigenvalue weighted by Crippen LogP contribution is -2.29. The maximum absolute atomic E-state index is 13.4. The van der Waals surface area contributed by atoms with E-state index in [1.54, 1.807) is 14.0 Å². The van der Waals surface area contributed by atoms with E-state index in [9.17, 15) is 4.79 Å². The zero-order valence-electron chi connectivity index (χ0n) is 18.2. The Morgan fingerprint density at radius 2 is 1.88 bits per heavy atom. The first-order valence-electron chi connectivity index (χ1n) is 10.7. The van der Waals surface area contributed by atoms with Gasteiger partial charge in [0.05, 0.1) is 42.1 Å².